The van der Waals surface area contributed by atoms with Gasteiger partial charge in [-0.3, -0.25) is 9.59 Å². The Hall–Kier alpha value is -1.27. The molecule has 3 aliphatic rings. The number of alkyl halides is 3. The van der Waals surface area contributed by atoms with E-state index >= 15 is 0 Å². The molecule has 0 aromatic rings. The Morgan fingerprint density at radius 3 is 2.04 bits per heavy atom. The van der Waals surface area contributed by atoms with Crippen LogP contribution < -0.4 is 0 Å². The second-order valence-corrected chi connectivity index (χ2v) is 7.62. The molecule has 0 aromatic heterocycles. The lowest BCUT2D eigenvalue weighted by atomic mass is 9.79. The zero-order valence-electron chi connectivity index (χ0n) is 14.4. The number of hydrogen-bond acceptors (Lipinski definition) is 3. The number of carbonyl (C=O) groups excluding carboxylic acids is 2. The minimum Gasteiger partial charge on any atom is -0.455 e. The number of halogens is 3. The van der Waals surface area contributed by atoms with Crippen LogP contribution in [0.5, 0.6) is 0 Å². The lowest BCUT2D eigenvalue weighted by Gasteiger charge is -2.32. The maximum Gasteiger partial charge on any atom is 0.392 e. The lowest BCUT2D eigenvalue weighted by Crippen LogP contribution is -2.44. The summed E-state index contributed by atoms with van der Waals surface area (Å²) in [5.74, 6) is -3.92. The fourth-order valence-electron chi connectivity index (χ4n) is 4.36. The molecule has 1 amide bonds. The van der Waals surface area contributed by atoms with Gasteiger partial charge in [-0.05, 0) is 38.5 Å². The SMILES string of the molecule is O=C(OCC(=O)N(C1CCCC1)C1CC1)[C@H]1CCCC[C@@H]1C(F)(F)F. The highest BCUT2D eigenvalue weighted by Crippen LogP contribution is 2.42. The van der Waals surface area contributed by atoms with Crippen molar-refractivity contribution in [2.75, 3.05) is 6.61 Å². The minimum atomic E-state index is -4.39. The predicted molar refractivity (Wildman–Crippen MR) is 84.6 cm³/mol. The van der Waals surface area contributed by atoms with Crippen molar-refractivity contribution in [2.45, 2.75) is 82.5 Å². The molecule has 3 fully saturated rings. The molecule has 0 radical (unpaired) electrons. The Balaban J connectivity index is 1.56. The van der Waals surface area contributed by atoms with Crippen LogP contribution in [0.15, 0.2) is 0 Å². The van der Waals surface area contributed by atoms with Gasteiger partial charge in [-0.15, -0.1) is 0 Å². The van der Waals surface area contributed by atoms with Crippen molar-refractivity contribution in [2.24, 2.45) is 11.8 Å². The van der Waals surface area contributed by atoms with Gasteiger partial charge in [0.25, 0.3) is 5.91 Å². The monoisotopic (exact) mass is 361 g/mol. The molecule has 0 unspecified atom stereocenters. The molecular formula is C18H26F3NO3. The molecule has 0 aromatic carbocycles. The van der Waals surface area contributed by atoms with Crippen LogP contribution in [0.3, 0.4) is 0 Å². The first-order valence-electron chi connectivity index (χ1n) is 9.42. The highest BCUT2D eigenvalue weighted by molar-refractivity contribution is 5.82. The van der Waals surface area contributed by atoms with Crippen molar-refractivity contribution in [3.05, 3.63) is 0 Å². The van der Waals surface area contributed by atoms with E-state index in [0.717, 1.165) is 38.5 Å². The third-order valence-corrected chi connectivity index (χ3v) is 5.77. The smallest absolute Gasteiger partial charge is 0.392 e. The molecule has 0 bridgehead atoms. The van der Waals surface area contributed by atoms with Crippen molar-refractivity contribution >= 4 is 11.9 Å². The van der Waals surface area contributed by atoms with Crippen molar-refractivity contribution in [3.63, 3.8) is 0 Å². The second kappa shape index (κ2) is 7.54. The Labute approximate surface area is 146 Å². The maximum atomic E-state index is 13.1. The van der Waals surface area contributed by atoms with Crippen molar-refractivity contribution in [1.29, 1.82) is 0 Å². The summed E-state index contributed by atoms with van der Waals surface area (Å²) in [6.45, 7) is -0.424. The Bertz CT molecular complexity index is 498. The van der Waals surface area contributed by atoms with Gasteiger partial charge >= 0.3 is 12.1 Å². The Kier molecular flexibility index (Phi) is 5.58. The molecular weight excluding hydrogens is 335 g/mol. The molecule has 7 heteroatoms. The van der Waals surface area contributed by atoms with Crippen molar-refractivity contribution in [3.8, 4) is 0 Å². The number of hydrogen-bond donors (Lipinski definition) is 0. The average Bonchev–Trinajstić information content (AvgIpc) is 3.26. The molecule has 0 heterocycles. The molecule has 0 saturated heterocycles. The second-order valence-electron chi connectivity index (χ2n) is 7.62. The molecule has 0 aliphatic heterocycles. The summed E-state index contributed by atoms with van der Waals surface area (Å²) >= 11 is 0. The van der Waals surface area contributed by atoms with Gasteiger partial charge < -0.3 is 9.64 Å². The molecule has 2 atom stereocenters. The van der Waals surface area contributed by atoms with E-state index in [-0.39, 0.29) is 30.8 Å². The van der Waals surface area contributed by atoms with Crippen LogP contribution in [0.2, 0.25) is 0 Å². The normalized spacial score (nSPS) is 28.0. The average molecular weight is 361 g/mol. The van der Waals surface area contributed by atoms with Crippen LogP contribution in [0.25, 0.3) is 0 Å². The van der Waals surface area contributed by atoms with E-state index in [0.29, 0.717) is 12.8 Å². The largest absolute Gasteiger partial charge is 0.455 e. The standard InChI is InChI=1S/C18H26F3NO3/c19-18(20,21)15-8-4-3-7-14(15)17(24)25-11-16(23)22(13-9-10-13)12-5-1-2-6-12/h12-15H,1-11H2/t14-,15-/m0/s1. The zero-order valence-corrected chi connectivity index (χ0v) is 14.4. The van der Waals surface area contributed by atoms with Gasteiger partial charge in [-0.25, -0.2) is 0 Å². The molecule has 3 aliphatic carbocycles. The van der Waals surface area contributed by atoms with E-state index in [1.165, 1.54) is 0 Å². The summed E-state index contributed by atoms with van der Waals surface area (Å²) in [5, 5.41) is 0. The third kappa shape index (κ3) is 4.47. The number of amides is 1. The number of esters is 1. The van der Waals surface area contributed by atoms with Gasteiger partial charge in [0.15, 0.2) is 6.61 Å². The molecule has 142 valence electrons. The first kappa shape index (κ1) is 18.5. The maximum absolute atomic E-state index is 13.1. The van der Waals surface area contributed by atoms with Gasteiger partial charge in [0.2, 0.25) is 0 Å². The summed E-state index contributed by atoms with van der Waals surface area (Å²) in [6.07, 6.45) is 2.89. The van der Waals surface area contributed by atoms with Gasteiger partial charge in [0.05, 0.1) is 11.8 Å². The summed E-state index contributed by atoms with van der Waals surface area (Å²) in [6, 6.07) is 0.434. The van der Waals surface area contributed by atoms with Gasteiger partial charge in [0, 0.05) is 12.1 Å². The quantitative estimate of drug-likeness (QED) is 0.699. The highest BCUT2D eigenvalue weighted by Gasteiger charge is 2.49. The van der Waals surface area contributed by atoms with E-state index in [1.807, 2.05) is 4.90 Å². The fourth-order valence-corrected chi connectivity index (χ4v) is 4.36. The predicted octanol–water partition coefficient (Wildman–Crippen LogP) is 3.83. The molecule has 25 heavy (non-hydrogen) atoms. The highest BCUT2D eigenvalue weighted by atomic mass is 19.4. The lowest BCUT2D eigenvalue weighted by molar-refractivity contribution is -0.205. The van der Waals surface area contributed by atoms with Gasteiger partial charge in [-0.1, -0.05) is 25.7 Å². The summed E-state index contributed by atoms with van der Waals surface area (Å²) in [5.41, 5.74) is 0. The van der Waals surface area contributed by atoms with E-state index < -0.39 is 30.6 Å². The molecule has 0 N–H and O–H groups in total. The fraction of sp³-hybridized carbons (Fsp3) is 0.889. The molecule has 3 saturated carbocycles. The minimum absolute atomic E-state index is 0.0342. The Morgan fingerprint density at radius 2 is 1.44 bits per heavy atom. The topological polar surface area (TPSA) is 46.6 Å². The first-order chi connectivity index (χ1) is 11.9. The molecule has 3 rings (SSSR count). The van der Waals surface area contributed by atoms with Crippen LogP contribution in [0.1, 0.15) is 64.2 Å². The van der Waals surface area contributed by atoms with Gasteiger partial charge in [-0.2, -0.15) is 13.2 Å². The summed E-state index contributed by atoms with van der Waals surface area (Å²) < 4.78 is 44.4. The number of rotatable bonds is 5. The summed E-state index contributed by atoms with van der Waals surface area (Å²) in [4.78, 5) is 26.5. The van der Waals surface area contributed by atoms with Crippen LogP contribution in [0.4, 0.5) is 13.2 Å². The van der Waals surface area contributed by atoms with E-state index in [9.17, 15) is 22.8 Å². The van der Waals surface area contributed by atoms with Crippen molar-refractivity contribution in [1.82, 2.24) is 4.90 Å². The first-order valence-corrected chi connectivity index (χ1v) is 9.42. The number of nitrogens with zero attached hydrogens (tertiary/aromatic N) is 1. The van der Waals surface area contributed by atoms with Crippen LogP contribution in [0, 0.1) is 11.8 Å². The van der Waals surface area contributed by atoms with Crippen LogP contribution in [-0.4, -0.2) is 41.6 Å². The number of ether oxygens (including phenoxy) is 1. The zero-order chi connectivity index (χ0) is 18.0. The van der Waals surface area contributed by atoms with Crippen LogP contribution >= 0.6 is 0 Å². The van der Waals surface area contributed by atoms with E-state index in [4.69, 9.17) is 4.74 Å². The van der Waals surface area contributed by atoms with Gasteiger partial charge in [0.1, 0.15) is 0 Å². The van der Waals surface area contributed by atoms with Crippen LogP contribution in [-0.2, 0) is 14.3 Å². The molecule has 0 spiro atoms. The number of carbonyl (C=O) groups is 2. The third-order valence-electron chi connectivity index (χ3n) is 5.77. The summed E-state index contributed by atoms with van der Waals surface area (Å²) in [7, 11) is 0. The van der Waals surface area contributed by atoms with E-state index in [2.05, 4.69) is 0 Å². The Morgan fingerprint density at radius 1 is 0.880 bits per heavy atom. The molecule has 4 nitrogen and oxygen atoms in total. The van der Waals surface area contributed by atoms with Crippen molar-refractivity contribution < 1.29 is 27.5 Å². The van der Waals surface area contributed by atoms with E-state index in [1.54, 1.807) is 0 Å².